The summed E-state index contributed by atoms with van der Waals surface area (Å²) in [6.45, 7) is 1.73. The van der Waals surface area contributed by atoms with E-state index in [0.717, 1.165) is 12.8 Å². The number of carbonyl (C=O) groups is 2. The van der Waals surface area contributed by atoms with Gasteiger partial charge in [0.1, 0.15) is 5.75 Å². The Kier molecular flexibility index (Phi) is 5.95. The number of ether oxygens (including phenoxy) is 1. The SMILES string of the molecule is CCCc1ccc(C(=O)N(C)c2ccc(OCC(=O)O)cc2)cc1. The molecule has 0 bridgehead atoms. The smallest absolute Gasteiger partial charge is 0.341 e. The van der Waals surface area contributed by atoms with Crippen molar-refractivity contribution in [1.29, 1.82) is 0 Å². The van der Waals surface area contributed by atoms with Crippen LogP contribution in [0.5, 0.6) is 5.75 Å². The number of anilines is 1. The van der Waals surface area contributed by atoms with E-state index in [9.17, 15) is 9.59 Å². The van der Waals surface area contributed by atoms with E-state index in [-0.39, 0.29) is 5.91 Å². The maximum absolute atomic E-state index is 12.5. The first-order valence-electron chi connectivity index (χ1n) is 7.83. The van der Waals surface area contributed by atoms with Gasteiger partial charge in [-0.05, 0) is 48.4 Å². The lowest BCUT2D eigenvalue weighted by Crippen LogP contribution is -2.26. The first-order valence-corrected chi connectivity index (χ1v) is 7.83. The van der Waals surface area contributed by atoms with Crippen molar-refractivity contribution in [2.24, 2.45) is 0 Å². The lowest BCUT2D eigenvalue weighted by Gasteiger charge is -2.18. The molecule has 0 fully saturated rings. The van der Waals surface area contributed by atoms with Crippen molar-refractivity contribution in [3.05, 3.63) is 59.7 Å². The third-order valence-corrected chi connectivity index (χ3v) is 3.63. The summed E-state index contributed by atoms with van der Waals surface area (Å²) < 4.78 is 5.08. The lowest BCUT2D eigenvalue weighted by atomic mass is 10.1. The Labute approximate surface area is 141 Å². The Bertz CT molecular complexity index is 692. The minimum atomic E-state index is -1.03. The molecule has 5 nitrogen and oxygen atoms in total. The van der Waals surface area contributed by atoms with Gasteiger partial charge in [0.25, 0.3) is 5.91 Å². The Morgan fingerprint density at radius 1 is 1.04 bits per heavy atom. The van der Waals surface area contributed by atoms with E-state index in [4.69, 9.17) is 9.84 Å². The average molecular weight is 327 g/mol. The number of aryl methyl sites for hydroxylation is 1. The minimum Gasteiger partial charge on any atom is -0.482 e. The molecule has 0 radical (unpaired) electrons. The molecule has 126 valence electrons. The fourth-order valence-electron chi connectivity index (χ4n) is 2.32. The fourth-order valence-corrected chi connectivity index (χ4v) is 2.32. The predicted octanol–water partition coefficient (Wildman–Crippen LogP) is 3.38. The molecule has 0 unspecified atom stereocenters. The van der Waals surface area contributed by atoms with Crippen LogP contribution in [-0.4, -0.2) is 30.6 Å². The van der Waals surface area contributed by atoms with Gasteiger partial charge in [0, 0.05) is 18.3 Å². The van der Waals surface area contributed by atoms with Crippen LogP contribution < -0.4 is 9.64 Å². The van der Waals surface area contributed by atoms with Crippen LogP contribution in [0.15, 0.2) is 48.5 Å². The predicted molar refractivity (Wildman–Crippen MR) is 92.7 cm³/mol. The number of aliphatic carboxylic acids is 1. The van der Waals surface area contributed by atoms with Crippen LogP contribution in [0.2, 0.25) is 0 Å². The molecule has 0 spiro atoms. The Morgan fingerprint density at radius 2 is 1.67 bits per heavy atom. The number of rotatable bonds is 7. The zero-order valence-electron chi connectivity index (χ0n) is 13.9. The third-order valence-electron chi connectivity index (χ3n) is 3.63. The van der Waals surface area contributed by atoms with E-state index in [1.807, 2.05) is 24.3 Å². The summed E-state index contributed by atoms with van der Waals surface area (Å²) in [6, 6.07) is 14.4. The molecule has 1 N–H and O–H groups in total. The topological polar surface area (TPSA) is 66.8 Å². The molecule has 0 aromatic heterocycles. The normalized spacial score (nSPS) is 10.2. The number of nitrogens with zero attached hydrogens (tertiary/aromatic N) is 1. The summed E-state index contributed by atoms with van der Waals surface area (Å²) in [5, 5.41) is 8.59. The molecule has 0 aliphatic carbocycles. The Hall–Kier alpha value is -2.82. The molecular formula is C19H21NO4. The van der Waals surface area contributed by atoms with Crippen LogP contribution >= 0.6 is 0 Å². The molecule has 0 saturated carbocycles. The van der Waals surface area contributed by atoms with Crippen LogP contribution in [0.25, 0.3) is 0 Å². The molecule has 0 aliphatic heterocycles. The zero-order chi connectivity index (χ0) is 17.5. The maximum atomic E-state index is 12.5. The monoisotopic (exact) mass is 327 g/mol. The molecule has 0 heterocycles. The van der Waals surface area contributed by atoms with Gasteiger partial charge >= 0.3 is 5.97 Å². The number of hydrogen-bond donors (Lipinski definition) is 1. The molecule has 1 amide bonds. The molecule has 0 saturated heterocycles. The van der Waals surface area contributed by atoms with E-state index in [2.05, 4.69) is 6.92 Å². The second-order valence-electron chi connectivity index (χ2n) is 5.49. The Balaban J connectivity index is 2.05. The summed E-state index contributed by atoms with van der Waals surface area (Å²) in [5.41, 5.74) is 2.56. The molecule has 0 aliphatic rings. The van der Waals surface area contributed by atoms with E-state index >= 15 is 0 Å². The number of carbonyl (C=O) groups excluding carboxylic acids is 1. The molecule has 0 atom stereocenters. The van der Waals surface area contributed by atoms with E-state index in [0.29, 0.717) is 17.0 Å². The van der Waals surface area contributed by atoms with Crippen molar-refractivity contribution < 1.29 is 19.4 Å². The number of amides is 1. The van der Waals surface area contributed by atoms with Crippen LogP contribution in [0, 0.1) is 0 Å². The molecule has 2 rings (SSSR count). The lowest BCUT2D eigenvalue weighted by molar-refractivity contribution is -0.139. The quantitative estimate of drug-likeness (QED) is 0.846. The number of carboxylic acid groups (broad SMARTS) is 1. The number of benzene rings is 2. The van der Waals surface area contributed by atoms with E-state index in [1.54, 1.807) is 36.2 Å². The van der Waals surface area contributed by atoms with Crippen molar-refractivity contribution >= 4 is 17.6 Å². The summed E-state index contributed by atoms with van der Waals surface area (Å²) in [6.07, 6.45) is 2.08. The largest absolute Gasteiger partial charge is 0.482 e. The highest BCUT2D eigenvalue weighted by molar-refractivity contribution is 6.05. The van der Waals surface area contributed by atoms with Gasteiger partial charge in [0.05, 0.1) is 0 Å². The first kappa shape index (κ1) is 17.5. The van der Waals surface area contributed by atoms with Crippen LogP contribution in [-0.2, 0) is 11.2 Å². The van der Waals surface area contributed by atoms with Crippen molar-refractivity contribution in [3.63, 3.8) is 0 Å². The van der Waals surface area contributed by atoms with Gasteiger partial charge in [-0.2, -0.15) is 0 Å². The standard InChI is InChI=1S/C19H21NO4/c1-3-4-14-5-7-15(8-6-14)19(23)20(2)16-9-11-17(12-10-16)24-13-18(21)22/h5-12H,3-4,13H2,1-2H3,(H,21,22). The van der Waals surface area contributed by atoms with Gasteiger partial charge in [-0.1, -0.05) is 25.5 Å². The van der Waals surface area contributed by atoms with Gasteiger partial charge in [-0.3, -0.25) is 4.79 Å². The third kappa shape index (κ3) is 4.59. The maximum Gasteiger partial charge on any atom is 0.341 e. The zero-order valence-corrected chi connectivity index (χ0v) is 13.9. The van der Waals surface area contributed by atoms with Crippen molar-refractivity contribution in [1.82, 2.24) is 0 Å². The molecule has 2 aromatic carbocycles. The molecule has 5 heteroatoms. The average Bonchev–Trinajstić information content (AvgIpc) is 2.60. The summed E-state index contributed by atoms with van der Waals surface area (Å²) >= 11 is 0. The fraction of sp³-hybridized carbons (Fsp3) is 0.263. The molecular weight excluding hydrogens is 306 g/mol. The molecule has 24 heavy (non-hydrogen) atoms. The number of hydrogen-bond acceptors (Lipinski definition) is 3. The number of carboxylic acids is 1. The van der Waals surface area contributed by atoms with Gasteiger partial charge in [-0.25, -0.2) is 4.79 Å². The molecule has 2 aromatic rings. The van der Waals surface area contributed by atoms with E-state index < -0.39 is 12.6 Å². The second kappa shape index (κ2) is 8.15. The van der Waals surface area contributed by atoms with Crippen LogP contribution in [0.4, 0.5) is 5.69 Å². The van der Waals surface area contributed by atoms with Crippen molar-refractivity contribution in [2.75, 3.05) is 18.6 Å². The summed E-state index contributed by atoms with van der Waals surface area (Å²) in [4.78, 5) is 24.6. The van der Waals surface area contributed by atoms with Crippen molar-refractivity contribution in [3.8, 4) is 5.75 Å². The van der Waals surface area contributed by atoms with E-state index in [1.165, 1.54) is 5.56 Å². The Morgan fingerprint density at radius 3 is 2.21 bits per heavy atom. The highest BCUT2D eigenvalue weighted by atomic mass is 16.5. The van der Waals surface area contributed by atoms with Gasteiger partial charge in [0.2, 0.25) is 0 Å². The van der Waals surface area contributed by atoms with Gasteiger partial charge in [0.15, 0.2) is 6.61 Å². The summed E-state index contributed by atoms with van der Waals surface area (Å²) in [5.74, 6) is -0.680. The summed E-state index contributed by atoms with van der Waals surface area (Å²) in [7, 11) is 1.70. The van der Waals surface area contributed by atoms with Gasteiger partial charge in [-0.15, -0.1) is 0 Å². The second-order valence-corrected chi connectivity index (χ2v) is 5.49. The van der Waals surface area contributed by atoms with Crippen LogP contribution in [0.3, 0.4) is 0 Å². The first-order chi connectivity index (χ1) is 11.5. The highest BCUT2D eigenvalue weighted by Crippen LogP contribution is 2.20. The van der Waals surface area contributed by atoms with Crippen LogP contribution in [0.1, 0.15) is 29.3 Å². The van der Waals surface area contributed by atoms with Gasteiger partial charge < -0.3 is 14.7 Å². The minimum absolute atomic E-state index is 0.0998. The van der Waals surface area contributed by atoms with Crippen molar-refractivity contribution in [2.45, 2.75) is 19.8 Å². The highest BCUT2D eigenvalue weighted by Gasteiger charge is 2.13.